The first-order valence-electron chi connectivity index (χ1n) is 6.21. The van der Waals surface area contributed by atoms with Crippen molar-refractivity contribution in [2.45, 2.75) is 19.1 Å². The summed E-state index contributed by atoms with van der Waals surface area (Å²) in [6.07, 6.45) is -4.56. The van der Waals surface area contributed by atoms with Gasteiger partial charge in [0.1, 0.15) is 12.6 Å². The number of benzene rings is 1. The van der Waals surface area contributed by atoms with Gasteiger partial charge in [-0.2, -0.15) is 13.2 Å². The van der Waals surface area contributed by atoms with Gasteiger partial charge in [-0.3, -0.25) is 14.5 Å². The number of para-hydroxylation sites is 2. The van der Waals surface area contributed by atoms with Crippen LogP contribution >= 0.6 is 12.4 Å². The van der Waals surface area contributed by atoms with Crippen LogP contribution < -0.4 is 15.5 Å². The smallest absolute Gasteiger partial charge is 0.318 e. The lowest BCUT2D eigenvalue weighted by Crippen LogP contribution is -2.50. The average Bonchev–Trinajstić information content (AvgIpc) is 2.48. The fourth-order valence-electron chi connectivity index (χ4n) is 2.25. The molecule has 1 aromatic rings. The highest BCUT2D eigenvalue weighted by Gasteiger charge is 2.39. The first-order chi connectivity index (χ1) is 9.70. The molecule has 0 bridgehead atoms. The molecule has 0 unspecified atom stereocenters. The molecule has 122 valence electrons. The summed E-state index contributed by atoms with van der Waals surface area (Å²) < 4.78 is 38.1. The number of nitrogens with zero attached hydrogens (tertiary/aromatic N) is 2. The number of hydrogen-bond donors (Lipinski definition) is 1. The van der Waals surface area contributed by atoms with Crippen molar-refractivity contribution in [1.29, 1.82) is 0 Å². The Morgan fingerprint density at radius 2 is 1.86 bits per heavy atom. The third kappa shape index (κ3) is 3.69. The Morgan fingerprint density at radius 3 is 2.36 bits per heavy atom. The van der Waals surface area contributed by atoms with Crippen molar-refractivity contribution in [3.63, 3.8) is 0 Å². The van der Waals surface area contributed by atoms with E-state index in [-0.39, 0.29) is 36.2 Å². The monoisotopic (exact) mass is 337 g/mol. The van der Waals surface area contributed by atoms with E-state index < -0.39 is 24.7 Å². The summed E-state index contributed by atoms with van der Waals surface area (Å²) in [4.78, 5) is 25.6. The topological polar surface area (TPSA) is 66.6 Å². The summed E-state index contributed by atoms with van der Waals surface area (Å²) in [5.41, 5.74) is 5.92. The van der Waals surface area contributed by atoms with Gasteiger partial charge >= 0.3 is 6.18 Å². The molecular formula is C13H15ClF3N3O2. The second-order valence-corrected chi connectivity index (χ2v) is 4.76. The van der Waals surface area contributed by atoms with Gasteiger partial charge in [-0.05, 0) is 12.1 Å². The molecule has 22 heavy (non-hydrogen) atoms. The lowest BCUT2D eigenvalue weighted by molar-refractivity contribution is -0.133. The van der Waals surface area contributed by atoms with E-state index >= 15 is 0 Å². The van der Waals surface area contributed by atoms with E-state index in [2.05, 4.69) is 0 Å². The van der Waals surface area contributed by atoms with Crippen molar-refractivity contribution in [2.24, 2.45) is 5.73 Å². The van der Waals surface area contributed by atoms with Gasteiger partial charge in [0.25, 0.3) is 0 Å². The summed E-state index contributed by atoms with van der Waals surface area (Å²) in [5, 5.41) is 0. The Labute approximate surface area is 131 Å². The predicted molar refractivity (Wildman–Crippen MR) is 78.1 cm³/mol. The van der Waals surface area contributed by atoms with Crippen LogP contribution in [-0.2, 0) is 9.59 Å². The molecule has 0 fully saturated rings. The van der Waals surface area contributed by atoms with Crippen molar-refractivity contribution < 1.29 is 22.8 Å². The number of alkyl halides is 3. The van der Waals surface area contributed by atoms with Crippen LogP contribution in [0.3, 0.4) is 0 Å². The highest BCUT2D eigenvalue weighted by atomic mass is 35.5. The van der Waals surface area contributed by atoms with Gasteiger partial charge < -0.3 is 10.6 Å². The summed E-state index contributed by atoms with van der Waals surface area (Å²) in [6, 6.07) is 4.74. The van der Waals surface area contributed by atoms with Crippen molar-refractivity contribution in [3.8, 4) is 0 Å². The maximum atomic E-state index is 12.7. The fraction of sp³-hybridized carbons (Fsp3) is 0.385. The zero-order valence-electron chi connectivity index (χ0n) is 11.6. The van der Waals surface area contributed by atoms with Crippen LogP contribution in [-0.4, -0.2) is 37.1 Å². The quantitative estimate of drug-likeness (QED) is 0.848. The maximum absolute atomic E-state index is 12.7. The number of halogens is 4. The normalized spacial score (nSPS) is 18.4. The largest absolute Gasteiger partial charge is 0.406 e. The summed E-state index contributed by atoms with van der Waals surface area (Å²) in [6.45, 7) is -0.324. The summed E-state index contributed by atoms with van der Waals surface area (Å²) in [7, 11) is 0. The van der Waals surface area contributed by atoms with E-state index in [9.17, 15) is 22.8 Å². The van der Waals surface area contributed by atoms with E-state index in [1.807, 2.05) is 0 Å². The number of fused-ring (bicyclic) bond motifs is 1. The molecule has 1 atom stereocenters. The molecule has 0 saturated carbocycles. The minimum absolute atomic E-state index is 0. The Balaban J connectivity index is 0.00000242. The fourth-order valence-corrected chi connectivity index (χ4v) is 2.25. The van der Waals surface area contributed by atoms with Crippen LogP contribution in [0, 0.1) is 0 Å². The van der Waals surface area contributed by atoms with Crippen molar-refractivity contribution in [2.75, 3.05) is 22.9 Å². The highest BCUT2D eigenvalue weighted by molar-refractivity contribution is 6.06. The standard InChI is InChI=1S/C13H14F3N3O2.ClH/c1-8(20)18-6-9(17)12(21)19(7-13(14,15)16)11-5-3-2-4-10(11)18;/h2-5,9H,6-7,17H2,1H3;1H/t9-;/m0./s1. The number of anilines is 2. The Bertz CT molecular complexity index is 580. The maximum Gasteiger partial charge on any atom is 0.406 e. The number of hydrogen-bond acceptors (Lipinski definition) is 3. The van der Waals surface area contributed by atoms with Crippen molar-refractivity contribution >= 4 is 35.6 Å². The molecule has 0 saturated heterocycles. The average molecular weight is 338 g/mol. The van der Waals surface area contributed by atoms with Gasteiger partial charge in [0.15, 0.2) is 0 Å². The third-order valence-electron chi connectivity index (χ3n) is 3.14. The molecule has 9 heteroatoms. The summed E-state index contributed by atoms with van der Waals surface area (Å²) >= 11 is 0. The Morgan fingerprint density at radius 1 is 1.32 bits per heavy atom. The molecule has 0 aliphatic carbocycles. The number of nitrogens with two attached hydrogens (primary N) is 1. The minimum atomic E-state index is -4.56. The predicted octanol–water partition coefficient (Wildman–Crippen LogP) is 1.70. The van der Waals surface area contributed by atoms with Gasteiger partial charge in [0.05, 0.1) is 17.9 Å². The molecule has 2 rings (SSSR count). The third-order valence-corrected chi connectivity index (χ3v) is 3.14. The van der Waals surface area contributed by atoms with Crippen LogP contribution in [0.5, 0.6) is 0 Å². The molecular weight excluding hydrogens is 323 g/mol. The Hall–Kier alpha value is -1.80. The lowest BCUT2D eigenvalue weighted by atomic mass is 10.2. The molecule has 2 N–H and O–H groups in total. The van der Waals surface area contributed by atoms with Crippen LogP contribution in [0.4, 0.5) is 24.5 Å². The van der Waals surface area contributed by atoms with E-state index in [1.54, 1.807) is 6.07 Å². The molecule has 0 spiro atoms. The minimum Gasteiger partial charge on any atom is -0.318 e. The van der Waals surface area contributed by atoms with E-state index in [4.69, 9.17) is 5.73 Å². The molecule has 1 heterocycles. The molecule has 1 aliphatic rings. The van der Waals surface area contributed by atoms with E-state index in [1.165, 1.54) is 30.0 Å². The molecule has 0 radical (unpaired) electrons. The van der Waals surface area contributed by atoms with Gasteiger partial charge in [-0.1, -0.05) is 12.1 Å². The molecule has 2 amide bonds. The van der Waals surface area contributed by atoms with Gasteiger partial charge in [-0.15, -0.1) is 12.4 Å². The van der Waals surface area contributed by atoms with Gasteiger partial charge in [-0.25, -0.2) is 0 Å². The van der Waals surface area contributed by atoms with Crippen LogP contribution in [0.1, 0.15) is 6.92 Å². The first-order valence-corrected chi connectivity index (χ1v) is 6.21. The first kappa shape index (κ1) is 18.2. The molecule has 5 nitrogen and oxygen atoms in total. The van der Waals surface area contributed by atoms with E-state index in [0.717, 1.165) is 0 Å². The number of carbonyl (C=O) groups is 2. The summed E-state index contributed by atoms with van der Waals surface area (Å²) in [5.74, 6) is -1.25. The van der Waals surface area contributed by atoms with Crippen molar-refractivity contribution in [1.82, 2.24) is 0 Å². The van der Waals surface area contributed by atoms with Crippen LogP contribution in [0.25, 0.3) is 0 Å². The van der Waals surface area contributed by atoms with E-state index in [0.29, 0.717) is 4.90 Å². The van der Waals surface area contributed by atoms with Crippen molar-refractivity contribution in [3.05, 3.63) is 24.3 Å². The van der Waals surface area contributed by atoms with Gasteiger partial charge in [0, 0.05) is 6.92 Å². The Kier molecular flexibility index (Phi) is 5.42. The molecule has 1 aromatic carbocycles. The molecule has 0 aromatic heterocycles. The van der Waals surface area contributed by atoms with Gasteiger partial charge in [0.2, 0.25) is 11.8 Å². The SMILES string of the molecule is CC(=O)N1C[C@H](N)C(=O)N(CC(F)(F)F)c2ccccc21.Cl. The number of rotatable bonds is 1. The molecule has 1 aliphatic heterocycles. The zero-order chi connectivity index (χ0) is 15.8. The van der Waals surface area contributed by atoms with Crippen LogP contribution in [0.15, 0.2) is 24.3 Å². The second kappa shape index (κ2) is 6.53. The highest BCUT2D eigenvalue weighted by Crippen LogP contribution is 2.34. The van der Waals surface area contributed by atoms with Crippen LogP contribution in [0.2, 0.25) is 0 Å². The number of amides is 2. The second-order valence-electron chi connectivity index (χ2n) is 4.76. The number of carbonyl (C=O) groups excluding carboxylic acids is 2. The lowest BCUT2D eigenvalue weighted by Gasteiger charge is -2.25. The zero-order valence-corrected chi connectivity index (χ0v) is 12.4.